The molecule has 3 heteroatoms. The molecule has 0 spiro atoms. The molecule has 0 heterocycles. The smallest absolute Gasteiger partial charge is 0.192 e. The van der Waals surface area contributed by atoms with E-state index in [1.165, 1.54) is 18.4 Å². The Bertz CT molecular complexity index is 639. The van der Waals surface area contributed by atoms with Crippen molar-refractivity contribution in [3.8, 4) is 0 Å². The maximum atomic E-state index is 13.3. The molecule has 0 bridgehead atoms. The lowest BCUT2D eigenvalue weighted by atomic mass is 9.46. The molecule has 3 aliphatic rings. The first-order valence-electron chi connectivity index (χ1n) is 11.6. The predicted octanol–water partition coefficient (Wildman–Crippen LogP) is 7.01. The molecule has 3 rings (SSSR count). The quantitative estimate of drug-likeness (QED) is 0.351. The van der Waals surface area contributed by atoms with Gasteiger partial charge in [-0.2, -0.15) is 0 Å². The second-order valence-corrected chi connectivity index (χ2v) is 16.9. The Kier molecular flexibility index (Phi) is 5.87. The molecule has 2 nitrogen and oxygen atoms in total. The van der Waals surface area contributed by atoms with Gasteiger partial charge in [-0.05, 0) is 80.3 Å². The average Bonchev–Trinajstić information content (AvgIpc) is 2.99. The van der Waals surface area contributed by atoms with Crippen LogP contribution in [0.1, 0.15) is 80.6 Å². The van der Waals surface area contributed by atoms with Crippen molar-refractivity contribution < 1.29 is 9.22 Å². The van der Waals surface area contributed by atoms with E-state index >= 15 is 0 Å². The Morgan fingerprint density at radius 2 is 1.86 bits per heavy atom. The monoisotopic (exact) mass is 404 g/mol. The largest absolute Gasteiger partial charge is 0.413 e. The zero-order valence-corrected chi connectivity index (χ0v) is 20.9. The molecule has 0 N–H and O–H groups in total. The van der Waals surface area contributed by atoms with Gasteiger partial charge >= 0.3 is 0 Å². The average molecular weight is 405 g/mol. The van der Waals surface area contributed by atoms with E-state index in [-0.39, 0.29) is 22.5 Å². The van der Waals surface area contributed by atoms with Crippen LogP contribution in [0.3, 0.4) is 0 Å². The molecule has 28 heavy (non-hydrogen) atoms. The highest BCUT2D eigenvalue weighted by molar-refractivity contribution is 6.74. The Morgan fingerprint density at radius 1 is 1.21 bits per heavy atom. The van der Waals surface area contributed by atoms with Crippen molar-refractivity contribution in [2.24, 2.45) is 35.0 Å². The minimum absolute atomic E-state index is 0.219. The summed E-state index contributed by atoms with van der Waals surface area (Å²) in [6, 6.07) is 0. The normalized spacial score (nSPS) is 39.9. The van der Waals surface area contributed by atoms with Crippen LogP contribution in [-0.2, 0) is 9.22 Å². The molecule has 0 unspecified atom stereocenters. The molecule has 3 saturated carbocycles. The molecule has 0 aromatic rings. The number of allylic oxidation sites excluding steroid dienone is 2. The molecule has 3 fully saturated rings. The van der Waals surface area contributed by atoms with Crippen LogP contribution >= 0.6 is 0 Å². The summed E-state index contributed by atoms with van der Waals surface area (Å²) >= 11 is 0. The molecule has 0 radical (unpaired) electrons. The fourth-order valence-electron chi connectivity index (χ4n) is 6.61. The lowest BCUT2D eigenvalue weighted by Crippen LogP contribution is -2.60. The second-order valence-electron chi connectivity index (χ2n) is 12.1. The number of hydrogen-bond donors (Lipinski definition) is 0. The highest BCUT2D eigenvalue weighted by Crippen LogP contribution is 2.73. The molecule has 160 valence electrons. The first-order valence-corrected chi connectivity index (χ1v) is 14.6. The highest BCUT2D eigenvalue weighted by Gasteiger charge is 2.72. The molecular formula is C25H44O2Si. The maximum Gasteiger partial charge on any atom is 0.192 e. The van der Waals surface area contributed by atoms with Gasteiger partial charge in [0, 0.05) is 12.3 Å². The van der Waals surface area contributed by atoms with Crippen LogP contribution in [0.25, 0.3) is 0 Å². The number of carbonyl (C=O) groups is 1. The van der Waals surface area contributed by atoms with E-state index in [1.807, 2.05) is 0 Å². The van der Waals surface area contributed by atoms with Gasteiger partial charge in [-0.3, -0.25) is 4.79 Å². The van der Waals surface area contributed by atoms with Crippen molar-refractivity contribution in [3.63, 3.8) is 0 Å². The Labute approximate surface area is 175 Å². The zero-order valence-electron chi connectivity index (χ0n) is 19.9. The molecule has 3 aliphatic carbocycles. The third-order valence-corrected chi connectivity index (χ3v) is 13.7. The van der Waals surface area contributed by atoms with Gasteiger partial charge in [-0.15, -0.1) is 0 Å². The fourth-order valence-corrected chi connectivity index (χ4v) is 8.03. The van der Waals surface area contributed by atoms with Crippen LogP contribution in [0.2, 0.25) is 18.1 Å². The predicted molar refractivity (Wildman–Crippen MR) is 121 cm³/mol. The van der Waals surface area contributed by atoms with Gasteiger partial charge < -0.3 is 4.43 Å². The first-order chi connectivity index (χ1) is 12.8. The first kappa shape index (κ1) is 22.3. The number of fused-ring (bicyclic) bond motifs is 4. The standard InChI is InChI=1S/C25H44O2Si/c1-16(2)11-10-12-20(26)18-15-21(27-28(8,9)24(4,5)6)25(7)19-14-13-17(3)22(19)23(18)25/h11,17-19,21-23H,10,12-15H2,1-9H3/t17-,18+,19+,21-,22-,23+,25+/m1/s1. The number of rotatable bonds is 6. The van der Waals surface area contributed by atoms with Crippen LogP contribution in [0.4, 0.5) is 0 Å². The molecule has 0 amide bonds. The van der Waals surface area contributed by atoms with Crippen molar-refractivity contribution in [3.05, 3.63) is 11.6 Å². The van der Waals surface area contributed by atoms with E-state index < -0.39 is 8.32 Å². The van der Waals surface area contributed by atoms with E-state index in [1.54, 1.807) is 0 Å². The van der Waals surface area contributed by atoms with Crippen molar-refractivity contribution in [2.45, 2.75) is 105 Å². The third-order valence-electron chi connectivity index (χ3n) is 9.18. The summed E-state index contributed by atoms with van der Waals surface area (Å²) in [4.78, 5) is 13.3. The third kappa shape index (κ3) is 3.49. The molecular weight excluding hydrogens is 360 g/mol. The minimum Gasteiger partial charge on any atom is -0.413 e. The van der Waals surface area contributed by atoms with Crippen LogP contribution in [0.5, 0.6) is 0 Å². The van der Waals surface area contributed by atoms with Crippen LogP contribution in [0.15, 0.2) is 11.6 Å². The number of ketones is 1. The second kappa shape index (κ2) is 7.37. The summed E-state index contributed by atoms with van der Waals surface area (Å²) in [5.74, 6) is 3.61. The number of Topliss-reactive ketones (excluding diaryl/α,β-unsaturated/α-hetero) is 1. The maximum absolute atomic E-state index is 13.3. The van der Waals surface area contributed by atoms with Crippen molar-refractivity contribution in [1.29, 1.82) is 0 Å². The van der Waals surface area contributed by atoms with Crippen LogP contribution in [-0.4, -0.2) is 20.2 Å². The highest BCUT2D eigenvalue weighted by atomic mass is 28.4. The van der Waals surface area contributed by atoms with Crippen LogP contribution < -0.4 is 0 Å². The van der Waals surface area contributed by atoms with Gasteiger partial charge in [0.25, 0.3) is 0 Å². The van der Waals surface area contributed by atoms with Crippen molar-refractivity contribution in [2.75, 3.05) is 0 Å². The Hall–Kier alpha value is -0.413. The van der Waals surface area contributed by atoms with Crippen molar-refractivity contribution in [1.82, 2.24) is 0 Å². The molecule has 0 aliphatic heterocycles. The number of hydrogen-bond acceptors (Lipinski definition) is 2. The van der Waals surface area contributed by atoms with E-state index in [0.29, 0.717) is 18.1 Å². The summed E-state index contributed by atoms with van der Waals surface area (Å²) in [6.07, 6.45) is 7.77. The molecule has 7 atom stereocenters. The SMILES string of the molecule is CC(C)=CCCC(=O)[C@@H]1C[C@@H](O[Si](C)(C)C(C)(C)C)[C@@]2(C)[C@@H]1[C@@H]1[C@H](C)CC[C@@H]12. The van der Waals surface area contributed by atoms with Gasteiger partial charge in [-0.25, -0.2) is 0 Å². The van der Waals surface area contributed by atoms with Crippen molar-refractivity contribution >= 4 is 14.1 Å². The molecule has 0 aromatic carbocycles. The topological polar surface area (TPSA) is 26.3 Å². The van der Waals surface area contributed by atoms with Gasteiger partial charge in [0.15, 0.2) is 8.32 Å². The summed E-state index contributed by atoms with van der Waals surface area (Å²) in [5.41, 5.74) is 1.54. The summed E-state index contributed by atoms with van der Waals surface area (Å²) in [5, 5.41) is 0.219. The van der Waals surface area contributed by atoms with E-state index in [2.05, 4.69) is 67.6 Å². The fraction of sp³-hybridized carbons (Fsp3) is 0.880. The summed E-state index contributed by atoms with van der Waals surface area (Å²) in [6.45, 7) is 20.9. The minimum atomic E-state index is -1.84. The Morgan fingerprint density at radius 3 is 2.43 bits per heavy atom. The van der Waals surface area contributed by atoms with E-state index in [4.69, 9.17) is 4.43 Å². The zero-order chi connectivity index (χ0) is 21.1. The molecule has 0 aromatic heterocycles. The lowest BCUT2D eigenvalue weighted by molar-refractivity contribution is -0.151. The van der Waals surface area contributed by atoms with Gasteiger partial charge in [-0.1, -0.05) is 52.7 Å². The van der Waals surface area contributed by atoms with E-state index in [9.17, 15) is 4.79 Å². The lowest BCUT2D eigenvalue weighted by Gasteiger charge is -2.60. The number of carbonyl (C=O) groups excluding carboxylic acids is 1. The summed E-state index contributed by atoms with van der Waals surface area (Å²) in [7, 11) is -1.84. The van der Waals surface area contributed by atoms with Gasteiger partial charge in [0.2, 0.25) is 0 Å². The van der Waals surface area contributed by atoms with Gasteiger partial charge in [0.1, 0.15) is 5.78 Å². The van der Waals surface area contributed by atoms with Crippen LogP contribution in [0, 0.1) is 35.0 Å². The van der Waals surface area contributed by atoms with Gasteiger partial charge in [0.05, 0.1) is 6.10 Å². The molecule has 0 saturated heterocycles. The van der Waals surface area contributed by atoms with E-state index in [0.717, 1.165) is 30.6 Å². The summed E-state index contributed by atoms with van der Waals surface area (Å²) < 4.78 is 7.04. The Balaban J connectivity index is 1.83.